The fourth-order valence-corrected chi connectivity index (χ4v) is 3.03. The van der Waals surface area contributed by atoms with E-state index in [1.54, 1.807) is 36.2 Å². The molecule has 1 atom stereocenters. The van der Waals surface area contributed by atoms with Gasteiger partial charge < -0.3 is 9.47 Å². The third kappa shape index (κ3) is 3.18. The van der Waals surface area contributed by atoms with E-state index in [9.17, 15) is 9.59 Å². The third-order valence-corrected chi connectivity index (χ3v) is 4.25. The van der Waals surface area contributed by atoms with Crippen LogP contribution in [0.15, 0.2) is 53.6 Å². The number of ether oxygens (including phenoxy) is 2. The average Bonchev–Trinajstić information content (AvgIpc) is 2.67. The molecule has 2 aromatic carbocycles. The van der Waals surface area contributed by atoms with E-state index in [0.29, 0.717) is 17.9 Å². The number of hydrazone groups is 1. The first-order chi connectivity index (χ1) is 12.6. The molecule has 1 unspecified atom stereocenters. The van der Waals surface area contributed by atoms with Crippen molar-refractivity contribution >= 4 is 23.3 Å². The lowest BCUT2D eigenvalue weighted by Gasteiger charge is -2.30. The molecule has 6 nitrogen and oxygen atoms in total. The molecular formula is C20H20N2O4. The third-order valence-electron chi connectivity index (χ3n) is 4.25. The minimum atomic E-state index is -0.619. The van der Waals surface area contributed by atoms with Gasteiger partial charge in [0.2, 0.25) is 0 Å². The minimum Gasteiger partial charge on any atom is -0.465 e. The van der Waals surface area contributed by atoms with E-state index < -0.39 is 11.9 Å². The number of rotatable bonds is 4. The Morgan fingerprint density at radius 1 is 1.12 bits per heavy atom. The van der Waals surface area contributed by atoms with E-state index in [1.807, 2.05) is 31.3 Å². The maximum atomic E-state index is 12.7. The molecule has 2 aromatic rings. The number of nitrogens with zero attached hydrogens (tertiary/aromatic N) is 2. The van der Waals surface area contributed by atoms with E-state index in [-0.39, 0.29) is 5.97 Å². The summed E-state index contributed by atoms with van der Waals surface area (Å²) in [6.07, 6.45) is 0. The zero-order chi connectivity index (χ0) is 18.7. The number of anilines is 1. The summed E-state index contributed by atoms with van der Waals surface area (Å²) < 4.78 is 10.0. The van der Waals surface area contributed by atoms with E-state index >= 15 is 0 Å². The highest BCUT2D eigenvalue weighted by Crippen LogP contribution is 2.35. The van der Waals surface area contributed by atoms with Crippen molar-refractivity contribution in [3.63, 3.8) is 0 Å². The van der Waals surface area contributed by atoms with Crippen LogP contribution in [-0.2, 0) is 14.3 Å². The van der Waals surface area contributed by atoms with Gasteiger partial charge in [-0.2, -0.15) is 5.10 Å². The zero-order valence-electron chi connectivity index (χ0n) is 14.9. The van der Waals surface area contributed by atoms with Gasteiger partial charge in [-0.05, 0) is 36.2 Å². The molecule has 26 heavy (non-hydrogen) atoms. The number of carbonyl (C=O) groups excluding carboxylic acids is 2. The summed E-state index contributed by atoms with van der Waals surface area (Å²) in [4.78, 5) is 24.3. The number of benzene rings is 2. The van der Waals surface area contributed by atoms with Gasteiger partial charge >= 0.3 is 11.9 Å². The number of esters is 2. The molecule has 1 heterocycles. The van der Waals surface area contributed by atoms with Gasteiger partial charge in [0.25, 0.3) is 0 Å². The fourth-order valence-electron chi connectivity index (χ4n) is 3.03. The van der Waals surface area contributed by atoms with Crippen LogP contribution in [0.2, 0.25) is 0 Å². The van der Waals surface area contributed by atoms with Crippen molar-refractivity contribution in [1.82, 2.24) is 0 Å². The molecule has 0 spiro atoms. The van der Waals surface area contributed by atoms with Crippen molar-refractivity contribution in [1.29, 1.82) is 0 Å². The number of para-hydroxylation sites is 1. The molecule has 0 saturated heterocycles. The number of methoxy groups -OCH3 is 1. The fraction of sp³-hybridized carbons (Fsp3) is 0.250. The van der Waals surface area contributed by atoms with Gasteiger partial charge in [0.15, 0.2) is 0 Å². The Balaban J connectivity index is 2.06. The van der Waals surface area contributed by atoms with Gasteiger partial charge in [-0.1, -0.05) is 30.3 Å². The van der Waals surface area contributed by atoms with Crippen LogP contribution in [0.5, 0.6) is 0 Å². The summed E-state index contributed by atoms with van der Waals surface area (Å²) in [6.45, 7) is 2.07. The summed E-state index contributed by atoms with van der Waals surface area (Å²) in [5, 5.41) is 6.35. The van der Waals surface area contributed by atoms with Crippen LogP contribution in [-0.4, -0.2) is 38.4 Å². The van der Waals surface area contributed by atoms with Crippen LogP contribution in [0.4, 0.5) is 5.69 Å². The zero-order valence-corrected chi connectivity index (χ0v) is 14.9. The molecule has 0 saturated carbocycles. The molecule has 0 bridgehead atoms. The van der Waals surface area contributed by atoms with Gasteiger partial charge in [0.05, 0.1) is 30.7 Å². The Bertz CT molecular complexity index is 858. The van der Waals surface area contributed by atoms with Crippen molar-refractivity contribution in [2.75, 3.05) is 25.8 Å². The normalized spacial score (nSPS) is 15.7. The van der Waals surface area contributed by atoms with Crippen LogP contribution in [0, 0.1) is 0 Å². The van der Waals surface area contributed by atoms with Gasteiger partial charge in [-0.15, -0.1) is 0 Å². The molecule has 0 N–H and O–H groups in total. The van der Waals surface area contributed by atoms with Gasteiger partial charge in [0.1, 0.15) is 5.92 Å². The second-order valence-corrected chi connectivity index (χ2v) is 5.82. The van der Waals surface area contributed by atoms with Crippen molar-refractivity contribution in [2.45, 2.75) is 12.8 Å². The van der Waals surface area contributed by atoms with Crippen molar-refractivity contribution in [3.8, 4) is 0 Å². The predicted molar refractivity (Wildman–Crippen MR) is 98.5 cm³/mol. The van der Waals surface area contributed by atoms with E-state index in [1.165, 1.54) is 7.11 Å². The Kier molecular flexibility index (Phi) is 5.02. The molecule has 1 aliphatic rings. The van der Waals surface area contributed by atoms with E-state index in [0.717, 1.165) is 16.8 Å². The summed E-state index contributed by atoms with van der Waals surface area (Å²) >= 11 is 0. The second-order valence-electron chi connectivity index (χ2n) is 5.82. The number of hydrogen-bond donors (Lipinski definition) is 0. The summed E-state index contributed by atoms with van der Waals surface area (Å²) in [7, 11) is 3.17. The molecule has 6 heteroatoms. The molecule has 0 fully saturated rings. The molecule has 3 rings (SSSR count). The van der Waals surface area contributed by atoms with Gasteiger partial charge in [-0.25, -0.2) is 4.79 Å². The first-order valence-electron chi connectivity index (χ1n) is 8.33. The summed E-state index contributed by atoms with van der Waals surface area (Å²) in [6, 6.07) is 14.5. The van der Waals surface area contributed by atoms with Crippen LogP contribution >= 0.6 is 0 Å². The molecule has 0 aliphatic carbocycles. The molecule has 0 radical (unpaired) electrons. The molecule has 134 valence electrons. The number of fused-ring (bicyclic) bond motifs is 1. The van der Waals surface area contributed by atoms with Gasteiger partial charge in [-0.3, -0.25) is 9.80 Å². The minimum absolute atomic E-state index is 0.294. The molecular weight excluding hydrogens is 332 g/mol. The van der Waals surface area contributed by atoms with Crippen LogP contribution in [0.25, 0.3) is 0 Å². The van der Waals surface area contributed by atoms with Crippen molar-refractivity contribution < 1.29 is 19.1 Å². The lowest BCUT2D eigenvalue weighted by Crippen LogP contribution is -2.32. The predicted octanol–water partition coefficient (Wildman–Crippen LogP) is 2.97. The van der Waals surface area contributed by atoms with Crippen LogP contribution < -0.4 is 5.01 Å². The molecule has 0 amide bonds. The largest absolute Gasteiger partial charge is 0.465 e. The lowest BCUT2D eigenvalue weighted by molar-refractivity contribution is -0.143. The van der Waals surface area contributed by atoms with E-state index in [2.05, 4.69) is 5.10 Å². The highest BCUT2D eigenvalue weighted by molar-refractivity contribution is 6.18. The first kappa shape index (κ1) is 17.7. The highest BCUT2D eigenvalue weighted by Gasteiger charge is 2.35. The van der Waals surface area contributed by atoms with Crippen molar-refractivity contribution in [2.24, 2.45) is 5.10 Å². The monoisotopic (exact) mass is 352 g/mol. The smallest absolute Gasteiger partial charge is 0.337 e. The first-order valence-corrected chi connectivity index (χ1v) is 8.33. The van der Waals surface area contributed by atoms with Gasteiger partial charge in [0, 0.05) is 7.05 Å². The Morgan fingerprint density at radius 2 is 1.81 bits per heavy atom. The van der Waals surface area contributed by atoms with Crippen LogP contribution in [0.1, 0.15) is 34.3 Å². The Hall–Kier alpha value is -3.15. The summed E-state index contributed by atoms with van der Waals surface area (Å²) in [5.74, 6) is -1.37. The SMILES string of the molecule is CCOC(=O)C1C(c2ccc(C(=O)OC)cc2)=NN(C)c2ccccc21. The highest BCUT2D eigenvalue weighted by atomic mass is 16.5. The summed E-state index contributed by atoms with van der Waals surface area (Å²) in [5.41, 5.74) is 3.48. The quantitative estimate of drug-likeness (QED) is 0.792. The maximum absolute atomic E-state index is 12.7. The number of carbonyl (C=O) groups is 2. The second kappa shape index (κ2) is 7.39. The molecule has 0 aromatic heterocycles. The lowest BCUT2D eigenvalue weighted by atomic mass is 9.87. The maximum Gasteiger partial charge on any atom is 0.337 e. The van der Waals surface area contributed by atoms with Crippen molar-refractivity contribution in [3.05, 3.63) is 65.2 Å². The Labute approximate surface area is 152 Å². The topological polar surface area (TPSA) is 68.2 Å². The number of hydrogen-bond acceptors (Lipinski definition) is 6. The van der Waals surface area contributed by atoms with E-state index in [4.69, 9.17) is 9.47 Å². The Morgan fingerprint density at radius 3 is 2.46 bits per heavy atom. The van der Waals surface area contributed by atoms with Crippen LogP contribution in [0.3, 0.4) is 0 Å². The molecule has 1 aliphatic heterocycles. The standard InChI is InChI=1S/C20H20N2O4/c1-4-26-20(24)17-15-7-5-6-8-16(15)22(2)21-18(17)13-9-11-14(12-10-13)19(23)25-3/h5-12,17H,4H2,1-3H3. The average molecular weight is 352 g/mol.